The van der Waals surface area contributed by atoms with Crippen molar-refractivity contribution in [3.63, 3.8) is 0 Å². The number of allylic oxidation sites excluding steroid dienone is 1. The highest BCUT2D eigenvalue weighted by Gasteiger charge is 2.11. The summed E-state index contributed by atoms with van der Waals surface area (Å²) >= 11 is 12.0. The number of halogens is 2. The number of ketones is 1. The number of carbonyl (C=O) groups is 2. The van der Waals surface area contributed by atoms with Crippen LogP contribution in [0.25, 0.3) is 17.4 Å². The van der Waals surface area contributed by atoms with Crippen molar-refractivity contribution in [3.05, 3.63) is 76.0 Å². The molecule has 0 aliphatic rings. The molecule has 30 heavy (non-hydrogen) atoms. The highest BCUT2D eigenvalue weighted by molar-refractivity contribution is 6.42. The summed E-state index contributed by atoms with van der Waals surface area (Å²) in [6.45, 7) is -0.511. The van der Waals surface area contributed by atoms with E-state index in [4.69, 9.17) is 42.2 Å². The van der Waals surface area contributed by atoms with Gasteiger partial charge in [-0.1, -0.05) is 23.2 Å². The zero-order valence-corrected chi connectivity index (χ0v) is 17.2. The van der Waals surface area contributed by atoms with Crippen molar-refractivity contribution in [1.82, 2.24) is 0 Å². The summed E-state index contributed by atoms with van der Waals surface area (Å²) in [6.07, 6.45) is 2.91. The molecule has 0 bridgehead atoms. The second-order valence-electron chi connectivity index (χ2n) is 6.08. The Balaban J connectivity index is 1.73. The van der Waals surface area contributed by atoms with Crippen molar-refractivity contribution >= 4 is 41.0 Å². The lowest BCUT2D eigenvalue weighted by atomic mass is 10.1. The molecule has 0 aliphatic heterocycles. The fraction of sp³-hybridized carbons (Fsp3) is 0.0909. The van der Waals surface area contributed by atoms with Gasteiger partial charge in [0.15, 0.2) is 23.9 Å². The first kappa shape index (κ1) is 21.5. The molecule has 0 spiro atoms. The molecule has 0 atom stereocenters. The molecule has 0 unspecified atom stereocenters. The topological polar surface area (TPSA) is 86.0 Å². The van der Waals surface area contributed by atoms with Crippen molar-refractivity contribution in [1.29, 1.82) is 0 Å². The minimum Gasteiger partial charge on any atom is -0.493 e. The fourth-order valence-corrected chi connectivity index (χ4v) is 2.88. The summed E-state index contributed by atoms with van der Waals surface area (Å²) in [5.41, 5.74) is 1.11. The molecule has 3 rings (SSSR count). The molecule has 154 valence electrons. The standard InChI is InChI=1S/C22H16Cl2O6/c1-28-21-11-13(3-8-20(21)29-12-22(26)27)18(25)7-4-15-5-9-19(30-15)14-2-6-16(23)17(24)10-14/h2-11H,12H2,1H3,(H,26,27)/b7-4+. The van der Waals surface area contributed by atoms with E-state index in [1.54, 1.807) is 36.4 Å². The van der Waals surface area contributed by atoms with Crippen molar-refractivity contribution < 1.29 is 28.6 Å². The Morgan fingerprint density at radius 1 is 1.03 bits per heavy atom. The highest BCUT2D eigenvalue weighted by atomic mass is 35.5. The van der Waals surface area contributed by atoms with Gasteiger partial charge in [-0.3, -0.25) is 4.79 Å². The maximum atomic E-state index is 12.5. The number of carboxylic acid groups (broad SMARTS) is 1. The maximum Gasteiger partial charge on any atom is 0.341 e. The van der Waals surface area contributed by atoms with Gasteiger partial charge in [0.2, 0.25) is 0 Å². The Kier molecular flexibility index (Phi) is 6.82. The molecule has 0 fully saturated rings. The number of hydrogen-bond acceptors (Lipinski definition) is 5. The van der Waals surface area contributed by atoms with Crippen molar-refractivity contribution in [2.75, 3.05) is 13.7 Å². The van der Waals surface area contributed by atoms with Gasteiger partial charge in [0, 0.05) is 11.1 Å². The van der Waals surface area contributed by atoms with E-state index in [2.05, 4.69) is 0 Å². The maximum absolute atomic E-state index is 12.5. The van der Waals surface area contributed by atoms with Crippen LogP contribution in [0.1, 0.15) is 16.1 Å². The van der Waals surface area contributed by atoms with Crippen LogP contribution in [-0.4, -0.2) is 30.6 Å². The number of hydrogen-bond donors (Lipinski definition) is 1. The number of benzene rings is 2. The first-order valence-corrected chi connectivity index (χ1v) is 9.43. The van der Waals surface area contributed by atoms with Gasteiger partial charge in [-0.2, -0.15) is 0 Å². The van der Waals surface area contributed by atoms with E-state index >= 15 is 0 Å². The molecule has 1 heterocycles. The third-order valence-corrected chi connectivity index (χ3v) is 4.77. The van der Waals surface area contributed by atoms with Gasteiger partial charge >= 0.3 is 5.97 Å². The predicted molar refractivity (Wildman–Crippen MR) is 114 cm³/mol. The average molecular weight is 447 g/mol. The minimum atomic E-state index is -1.11. The molecular weight excluding hydrogens is 431 g/mol. The second kappa shape index (κ2) is 9.52. The van der Waals surface area contributed by atoms with Crippen LogP contribution < -0.4 is 9.47 Å². The van der Waals surface area contributed by atoms with E-state index in [1.165, 1.54) is 31.4 Å². The van der Waals surface area contributed by atoms with Crippen LogP contribution in [0.2, 0.25) is 10.0 Å². The quantitative estimate of drug-likeness (QED) is 0.356. The number of ether oxygens (including phenoxy) is 2. The van der Waals surface area contributed by atoms with E-state index in [0.717, 1.165) is 5.56 Å². The van der Waals surface area contributed by atoms with Gasteiger partial charge in [-0.05, 0) is 60.7 Å². The van der Waals surface area contributed by atoms with Crippen molar-refractivity contribution in [2.24, 2.45) is 0 Å². The molecule has 0 saturated carbocycles. The highest BCUT2D eigenvalue weighted by Crippen LogP contribution is 2.30. The second-order valence-corrected chi connectivity index (χ2v) is 6.89. The summed E-state index contributed by atoms with van der Waals surface area (Å²) in [5.74, 6) is 0.164. The van der Waals surface area contributed by atoms with Crippen molar-refractivity contribution in [2.45, 2.75) is 0 Å². The Bertz CT molecular complexity index is 1120. The lowest BCUT2D eigenvalue weighted by Gasteiger charge is -2.09. The van der Waals surface area contributed by atoms with E-state index in [-0.39, 0.29) is 17.3 Å². The van der Waals surface area contributed by atoms with Crippen LogP contribution >= 0.6 is 23.2 Å². The van der Waals surface area contributed by atoms with Gasteiger partial charge in [0.25, 0.3) is 0 Å². The Morgan fingerprint density at radius 3 is 2.53 bits per heavy atom. The molecule has 0 saturated heterocycles. The predicted octanol–water partition coefficient (Wildman–Crippen LogP) is 5.62. The lowest BCUT2D eigenvalue weighted by Crippen LogP contribution is -2.10. The monoisotopic (exact) mass is 446 g/mol. The molecule has 3 aromatic rings. The fourth-order valence-electron chi connectivity index (χ4n) is 2.58. The molecule has 8 heteroatoms. The number of carbonyl (C=O) groups excluding carboxylic acids is 1. The van der Waals surface area contributed by atoms with E-state index in [1.807, 2.05) is 0 Å². The smallest absolute Gasteiger partial charge is 0.341 e. The van der Waals surface area contributed by atoms with Gasteiger partial charge in [0.05, 0.1) is 17.2 Å². The van der Waals surface area contributed by atoms with Gasteiger partial charge in [0.1, 0.15) is 11.5 Å². The number of methoxy groups -OCH3 is 1. The van der Waals surface area contributed by atoms with Crippen LogP contribution in [0.5, 0.6) is 11.5 Å². The summed E-state index contributed by atoms with van der Waals surface area (Å²) < 4.78 is 16.0. The van der Waals surface area contributed by atoms with Crippen LogP contribution in [0.3, 0.4) is 0 Å². The van der Waals surface area contributed by atoms with Gasteiger partial charge in [-0.25, -0.2) is 4.79 Å². The molecule has 0 amide bonds. The Labute approximate surface area is 182 Å². The largest absolute Gasteiger partial charge is 0.493 e. The Morgan fingerprint density at radius 2 is 1.83 bits per heavy atom. The first-order valence-electron chi connectivity index (χ1n) is 8.67. The summed E-state index contributed by atoms with van der Waals surface area (Å²) in [6, 6.07) is 13.1. The van der Waals surface area contributed by atoms with Crippen molar-refractivity contribution in [3.8, 4) is 22.8 Å². The number of aliphatic carboxylic acids is 1. The molecular formula is C22H16Cl2O6. The first-order chi connectivity index (χ1) is 14.4. The molecule has 1 aromatic heterocycles. The summed E-state index contributed by atoms with van der Waals surface area (Å²) in [5, 5.41) is 9.58. The number of carboxylic acids is 1. The summed E-state index contributed by atoms with van der Waals surface area (Å²) in [4.78, 5) is 23.1. The number of rotatable bonds is 8. The summed E-state index contributed by atoms with van der Waals surface area (Å²) in [7, 11) is 1.40. The minimum absolute atomic E-state index is 0.234. The van der Waals surface area contributed by atoms with E-state index in [0.29, 0.717) is 27.1 Å². The zero-order valence-electron chi connectivity index (χ0n) is 15.7. The average Bonchev–Trinajstić information content (AvgIpc) is 3.21. The molecule has 2 aromatic carbocycles. The number of furan rings is 1. The van der Waals surface area contributed by atoms with E-state index < -0.39 is 12.6 Å². The van der Waals surface area contributed by atoms with Crippen LogP contribution in [0, 0.1) is 0 Å². The van der Waals surface area contributed by atoms with E-state index in [9.17, 15) is 9.59 Å². The van der Waals surface area contributed by atoms with Crippen LogP contribution in [-0.2, 0) is 4.79 Å². The Hall–Kier alpha value is -3.22. The molecule has 1 N–H and O–H groups in total. The van der Waals surface area contributed by atoms with Crippen LogP contribution in [0.4, 0.5) is 0 Å². The third-order valence-electron chi connectivity index (χ3n) is 4.03. The van der Waals surface area contributed by atoms with Gasteiger partial charge in [-0.15, -0.1) is 0 Å². The lowest BCUT2D eigenvalue weighted by molar-refractivity contribution is -0.139. The third kappa shape index (κ3) is 5.23. The normalized spacial score (nSPS) is 10.9. The molecule has 0 aliphatic carbocycles. The molecule has 0 radical (unpaired) electrons. The van der Waals surface area contributed by atoms with Crippen LogP contribution in [0.15, 0.2) is 59.0 Å². The van der Waals surface area contributed by atoms with Gasteiger partial charge < -0.3 is 19.0 Å². The molecule has 6 nitrogen and oxygen atoms in total. The SMILES string of the molecule is COc1cc(C(=O)/C=C/c2ccc(-c3ccc(Cl)c(Cl)c3)o2)ccc1OCC(=O)O. The zero-order chi connectivity index (χ0) is 21.7.